The number of ether oxygens (including phenoxy) is 2. The third kappa shape index (κ3) is 4.61. The molecule has 0 amide bonds. The first-order valence-electron chi connectivity index (χ1n) is 10.8. The minimum absolute atomic E-state index is 0.288. The molecule has 1 aliphatic carbocycles. The number of halogens is 8. The maximum atomic E-state index is 15.9. The Hall–Kier alpha value is -4.88. The molecule has 14 heteroatoms. The number of hydrogen-bond acceptors (Lipinski definition) is 4. The quantitative estimate of drug-likeness (QED) is 0.187. The summed E-state index contributed by atoms with van der Waals surface area (Å²) in [5.74, 6) is -23.4. The van der Waals surface area contributed by atoms with Crippen LogP contribution in [0.3, 0.4) is 0 Å². The highest BCUT2D eigenvalue weighted by atomic mass is 19.2. The molecule has 3 aromatic carbocycles. The molecule has 0 aliphatic heterocycles. The van der Waals surface area contributed by atoms with Crippen molar-refractivity contribution < 1.29 is 64.4 Å². The fourth-order valence-electron chi connectivity index (χ4n) is 3.80. The number of allylic oxidation sites excluding steroid dienone is 1. The second-order valence-electron chi connectivity index (χ2n) is 8.12. The minimum Gasteiger partial charge on any atom is -0.478 e. The first-order valence-corrected chi connectivity index (χ1v) is 10.8. The van der Waals surface area contributed by atoms with E-state index in [1.54, 1.807) is 0 Å². The fourth-order valence-corrected chi connectivity index (χ4v) is 3.80. The lowest BCUT2D eigenvalue weighted by Crippen LogP contribution is -2.48. The topological polar surface area (TPSA) is 93.1 Å². The summed E-state index contributed by atoms with van der Waals surface area (Å²) in [6, 6.07) is 6.88. The van der Waals surface area contributed by atoms with Crippen LogP contribution < -0.4 is 9.47 Å². The van der Waals surface area contributed by atoms with Crippen LogP contribution in [0.1, 0.15) is 26.3 Å². The minimum atomic E-state index is -4.06. The smallest absolute Gasteiger partial charge is 0.335 e. The van der Waals surface area contributed by atoms with E-state index in [1.165, 1.54) is 0 Å². The van der Waals surface area contributed by atoms with Gasteiger partial charge in [0.15, 0.2) is 34.9 Å². The van der Waals surface area contributed by atoms with Gasteiger partial charge in [-0.2, -0.15) is 4.39 Å². The summed E-state index contributed by atoms with van der Waals surface area (Å²) in [6.45, 7) is 0. The SMILES string of the molecule is O=C(O)c1cccc(OC2=C(F)C(F)C(Oc3cccc(C(=O)O)c3)(c3cc(F)c(F)c(F)c3F)C(F)=C2F)c1. The van der Waals surface area contributed by atoms with Crippen molar-refractivity contribution in [1.82, 2.24) is 0 Å². The number of rotatable bonds is 7. The molecule has 0 radical (unpaired) electrons. The highest BCUT2D eigenvalue weighted by Gasteiger charge is 2.59. The lowest BCUT2D eigenvalue weighted by Gasteiger charge is -2.38. The molecule has 0 heterocycles. The first kappa shape index (κ1) is 28.1. The van der Waals surface area contributed by atoms with E-state index in [4.69, 9.17) is 19.7 Å². The van der Waals surface area contributed by atoms with Gasteiger partial charge >= 0.3 is 11.9 Å². The van der Waals surface area contributed by atoms with Gasteiger partial charge in [-0.1, -0.05) is 12.1 Å². The second kappa shape index (κ2) is 10.4. The first-order chi connectivity index (χ1) is 18.8. The number of benzene rings is 3. The van der Waals surface area contributed by atoms with Crippen LogP contribution >= 0.6 is 0 Å². The third-order valence-corrected chi connectivity index (χ3v) is 5.68. The van der Waals surface area contributed by atoms with Crippen molar-refractivity contribution in [3.8, 4) is 11.5 Å². The van der Waals surface area contributed by atoms with Gasteiger partial charge in [0.05, 0.1) is 11.1 Å². The number of hydrogen-bond donors (Lipinski definition) is 2. The standard InChI is InChI=1S/C26H12F8O6/c27-15-9-14(16(28)18(30)17(15)29)26(40-13-6-2-4-11(8-13)25(37)38)22(33)19(31)21(20(32)23(26)34)39-12-5-1-3-10(7-12)24(35)36/h1-9,22H,(H,35,36)(H,37,38). The highest BCUT2D eigenvalue weighted by molar-refractivity contribution is 5.88. The normalized spacial score (nSPS) is 19.1. The zero-order valence-corrected chi connectivity index (χ0v) is 19.3. The van der Waals surface area contributed by atoms with Crippen molar-refractivity contribution in [2.75, 3.05) is 0 Å². The molecule has 0 spiro atoms. The molecule has 0 bridgehead atoms. The summed E-state index contributed by atoms with van der Waals surface area (Å²) >= 11 is 0. The Bertz CT molecular complexity index is 1620. The summed E-state index contributed by atoms with van der Waals surface area (Å²) in [7, 11) is 0. The summed E-state index contributed by atoms with van der Waals surface area (Å²) < 4.78 is 129. The highest BCUT2D eigenvalue weighted by Crippen LogP contribution is 2.51. The van der Waals surface area contributed by atoms with Crippen LogP contribution in [0.4, 0.5) is 35.1 Å². The Morgan fingerprint density at radius 1 is 0.750 bits per heavy atom. The van der Waals surface area contributed by atoms with Crippen molar-refractivity contribution >= 4 is 11.9 Å². The zero-order valence-electron chi connectivity index (χ0n) is 19.3. The van der Waals surface area contributed by atoms with E-state index in [2.05, 4.69) is 0 Å². The maximum Gasteiger partial charge on any atom is 0.335 e. The van der Waals surface area contributed by atoms with E-state index < -0.39 is 98.4 Å². The molecule has 1 aliphatic rings. The number of carbonyl (C=O) groups is 2. The Balaban J connectivity index is 1.95. The second-order valence-corrected chi connectivity index (χ2v) is 8.12. The van der Waals surface area contributed by atoms with Crippen LogP contribution in [-0.4, -0.2) is 28.3 Å². The van der Waals surface area contributed by atoms with Crippen LogP contribution in [0, 0.1) is 23.3 Å². The third-order valence-electron chi connectivity index (χ3n) is 5.68. The molecular formula is C26H12F8O6. The maximum absolute atomic E-state index is 15.9. The summed E-state index contributed by atoms with van der Waals surface area (Å²) in [5.41, 5.74) is -6.96. The Morgan fingerprint density at radius 3 is 1.88 bits per heavy atom. The van der Waals surface area contributed by atoms with Gasteiger partial charge in [-0.15, -0.1) is 0 Å². The molecular weight excluding hydrogens is 560 g/mol. The summed E-state index contributed by atoms with van der Waals surface area (Å²) in [4.78, 5) is 22.4. The molecule has 0 fully saturated rings. The van der Waals surface area contributed by atoms with Crippen LogP contribution in [0.15, 0.2) is 77.8 Å². The van der Waals surface area contributed by atoms with Gasteiger partial charge in [0, 0.05) is 5.56 Å². The van der Waals surface area contributed by atoms with Gasteiger partial charge in [0.1, 0.15) is 11.5 Å². The summed E-state index contributed by atoms with van der Waals surface area (Å²) in [5, 5.41) is 18.2. The monoisotopic (exact) mass is 572 g/mol. The predicted octanol–water partition coefficient (Wildman–Crippen LogP) is 6.68. The summed E-state index contributed by atoms with van der Waals surface area (Å²) in [6.07, 6.45) is -3.70. The zero-order chi connectivity index (χ0) is 29.5. The Morgan fingerprint density at radius 2 is 1.30 bits per heavy atom. The van der Waals surface area contributed by atoms with Gasteiger partial charge in [0.2, 0.25) is 23.4 Å². The van der Waals surface area contributed by atoms with Crippen LogP contribution in [-0.2, 0) is 5.60 Å². The molecule has 0 saturated heterocycles. The molecule has 2 unspecified atom stereocenters. The van der Waals surface area contributed by atoms with E-state index in [1.807, 2.05) is 0 Å². The molecule has 40 heavy (non-hydrogen) atoms. The molecule has 2 atom stereocenters. The number of aromatic carboxylic acids is 2. The van der Waals surface area contributed by atoms with Crippen molar-refractivity contribution in [3.63, 3.8) is 0 Å². The lowest BCUT2D eigenvalue weighted by molar-refractivity contribution is -0.00951. The largest absolute Gasteiger partial charge is 0.478 e. The number of alkyl halides is 1. The van der Waals surface area contributed by atoms with Crippen molar-refractivity contribution in [3.05, 3.63) is 118 Å². The average molecular weight is 572 g/mol. The average Bonchev–Trinajstić information content (AvgIpc) is 2.93. The molecule has 2 N–H and O–H groups in total. The van der Waals surface area contributed by atoms with Crippen LogP contribution in [0.2, 0.25) is 0 Å². The van der Waals surface area contributed by atoms with Crippen LogP contribution in [0.25, 0.3) is 0 Å². The van der Waals surface area contributed by atoms with E-state index in [-0.39, 0.29) is 6.07 Å². The van der Waals surface area contributed by atoms with Crippen molar-refractivity contribution in [2.45, 2.75) is 11.8 Å². The van der Waals surface area contributed by atoms with Gasteiger partial charge in [-0.05, 0) is 42.5 Å². The van der Waals surface area contributed by atoms with Crippen molar-refractivity contribution in [1.29, 1.82) is 0 Å². The van der Waals surface area contributed by atoms with E-state index >= 15 is 17.6 Å². The van der Waals surface area contributed by atoms with E-state index in [0.717, 1.165) is 42.5 Å². The Labute approximate surface area is 218 Å². The van der Waals surface area contributed by atoms with Crippen molar-refractivity contribution in [2.24, 2.45) is 0 Å². The van der Waals surface area contributed by atoms with Crippen LogP contribution in [0.5, 0.6) is 11.5 Å². The number of carboxylic acid groups (broad SMARTS) is 2. The molecule has 0 aromatic heterocycles. The molecule has 0 saturated carbocycles. The number of carboxylic acids is 2. The fraction of sp³-hybridized carbons (Fsp3) is 0.0769. The molecule has 4 rings (SSSR count). The molecule has 208 valence electrons. The van der Waals surface area contributed by atoms with E-state index in [9.17, 15) is 27.2 Å². The van der Waals surface area contributed by atoms with E-state index in [0.29, 0.717) is 6.07 Å². The van der Waals surface area contributed by atoms with Gasteiger partial charge in [0.25, 0.3) is 0 Å². The predicted molar refractivity (Wildman–Crippen MR) is 118 cm³/mol. The lowest BCUT2D eigenvalue weighted by atomic mass is 9.82. The Kier molecular flexibility index (Phi) is 7.28. The van der Waals surface area contributed by atoms with Gasteiger partial charge < -0.3 is 19.7 Å². The molecule has 6 nitrogen and oxygen atoms in total. The van der Waals surface area contributed by atoms with Gasteiger partial charge in [-0.3, -0.25) is 0 Å². The molecule has 3 aromatic rings. The van der Waals surface area contributed by atoms with Gasteiger partial charge in [-0.25, -0.2) is 40.3 Å².